The van der Waals surface area contributed by atoms with E-state index in [9.17, 15) is 9.59 Å². The number of halogens is 2. The van der Waals surface area contributed by atoms with Gasteiger partial charge in [-0.2, -0.15) is 0 Å². The average Bonchev–Trinajstić information content (AvgIpc) is 2.86. The van der Waals surface area contributed by atoms with Crippen molar-refractivity contribution < 1.29 is 14.3 Å². The molecule has 0 saturated carbocycles. The number of hydrogen-bond donors (Lipinski definition) is 1. The van der Waals surface area contributed by atoms with Crippen LogP contribution in [0.1, 0.15) is 15.9 Å². The number of amides is 1. The van der Waals surface area contributed by atoms with E-state index in [2.05, 4.69) is 39.4 Å². The summed E-state index contributed by atoms with van der Waals surface area (Å²) in [6, 6.07) is 22.6. The molecule has 1 aliphatic rings. The number of rotatable bonds is 7. The minimum absolute atomic E-state index is 0.232. The van der Waals surface area contributed by atoms with Gasteiger partial charge in [-0.3, -0.25) is 9.69 Å². The highest BCUT2D eigenvalue weighted by Gasteiger charge is 2.17. The van der Waals surface area contributed by atoms with E-state index < -0.39 is 18.5 Å². The van der Waals surface area contributed by atoms with Crippen LogP contribution in [0.2, 0.25) is 10.0 Å². The second kappa shape index (κ2) is 11.4. The van der Waals surface area contributed by atoms with Crippen molar-refractivity contribution >= 4 is 46.5 Å². The van der Waals surface area contributed by atoms with E-state index in [-0.39, 0.29) is 10.6 Å². The van der Waals surface area contributed by atoms with Gasteiger partial charge in [0, 0.05) is 44.1 Å². The Kier molecular flexibility index (Phi) is 8.06. The molecule has 34 heavy (non-hydrogen) atoms. The van der Waals surface area contributed by atoms with E-state index >= 15 is 0 Å². The molecule has 1 amide bonds. The van der Waals surface area contributed by atoms with Crippen molar-refractivity contribution in [3.05, 3.63) is 94.0 Å². The van der Waals surface area contributed by atoms with Gasteiger partial charge in [-0.15, -0.1) is 0 Å². The Labute approximate surface area is 209 Å². The summed E-state index contributed by atoms with van der Waals surface area (Å²) in [4.78, 5) is 29.1. The summed E-state index contributed by atoms with van der Waals surface area (Å²) in [5.41, 5.74) is 3.32. The van der Waals surface area contributed by atoms with Gasteiger partial charge in [-0.05, 0) is 48.0 Å². The number of carbonyl (C=O) groups excluding carboxylic acids is 2. The number of piperazine rings is 1. The quantitative estimate of drug-likeness (QED) is 0.459. The topological polar surface area (TPSA) is 61.9 Å². The molecule has 1 N–H and O–H groups in total. The van der Waals surface area contributed by atoms with Gasteiger partial charge < -0.3 is 15.0 Å². The third kappa shape index (κ3) is 6.50. The molecule has 1 fully saturated rings. The summed E-state index contributed by atoms with van der Waals surface area (Å²) in [5, 5.41) is 3.33. The first-order chi connectivity index (χ1) is 16.5. The van der Waals surface area contributed by atoms with E-state index in [0.717, 1.165) is 38.4 Å². The van der Waals surface area contributed by atoms with Crippen LogP contribution in [0.4, 0.5) is 11.4 Å². The second-order valence-corrected chi connectivity index (χ2v) is 8.86. The zero-order valence-corrected chi connectivity index (χ0v) is 20.1. The number of hydrogen-bond acceptors (Lipinski definition) is 5. The SMILES string of the molecule is O=C(COC(=O)c1ccc(Cl)c(Cl)c1)Nc1ccc(N2CCN(Cc3ccccc3)CC2)cc1. The summed E-state index contributed by atoms with van der Waals surface area (Å²) in [6.45, 7) is 4.46. The molecule has 1 heterocycles. The Balaban J connectivity index is 1.22. The maximum Gasteiger partial charge on any atom is 0.338 e. The van der Waals surface area contributed by atoms with Crippen LogP contribution in [-0.2, 0) is 16.1 Å². The zero-order chi connectivity index (χ0) is 23.9. The number of ether oxygens (including phenoxy) is 1. The molecule has 3 aromatic carbocycles. The van der Waals surface area contributed by atoms with E-state index in [1.54, 1.807) is 0 Å². The smallest absolute Gasteiger partial charge is 0.338 e. The van der Waals surface area contributed by atoms with Gasteiger partial charge in [-0.25, -0.2) is 4.79 Å². The van der Waals surface area contributed by atoms with Crippen molar-refractivity contribution in [2.45, 2.75) is 6.54 Å². The summed E-state index contributed by atoms with van der Waals surface area (Å²) < 4.78 is 5.06. The minimum Gasteiger partial charge on any atom is -0.452 e. The van der Waals surface area contributed by atoms with Crippen molar-refractivity contribution in [1.29, 1.82) is 0 Å². The first-order valence-corrected chi connectivity index (χ1v) is 11.8. The van der Waals surface area contributed by atoms with Gasteiger partial charge in [0.05, 0.1) is 15.6 Å². The Morgan fingerprint density at radius 2 is 1.56 bits per heavy atom. The van der Waals surface area contributed by atoms with Gasteiger partial charge in [-0.1, -0.05) is 53.5 Å². The van der Waals surface area contributed by atoms with Crippen molar-refractivity contribution in [1.82, 2.24) is 4.90 Å². The molecular formula is C26H25Cl2N3O3. The van der Waals surface area contributed by atoms with E-state index in [4.69, 9.17) is 27.9 Å². The highest BCUT2D eigenvalue weighted by Crippen LogP contribution is 2.23. The van der Waals surface area contributed by atoms with Gasteiger partial charge in [0.15, 0.2) is 6.61 Å². The van der Waals surface area contributed by atoms with Crippen LogP contribution >= 0.6 is 23.2 Å². The van der Waals surface area contributed by atoms with Gasteiger partial charge >= 0.3 is 5.97 Å². The molecule has 176 valence electrons. The number of anilines is 2. The zero-order valence-electron chi connectivity index (χ0n) is 18.5. The molecule has 1 aliphatic heterocycles. The number of nitrogens with one attached hydrogen (secondary N) is 1. The molecular weight excluding hydrogens is 473 g/mol. The molecule has 0 aromatic heterocycles. The average molecular weight is 498 g/mol. The van der Waals surface area contributed by atoms with Gasteiger partial charge in [0.25, 0.3) is 5.91 Å². The molecule has 0 radical (unpaired) electrons. The molecule has 0 aliphatic carbocycles. The summed E-state index contributed by atoms with van der Waals surface area (Å²) in [6.07, 6.45) is 0. The first-order valence-electron chi connectivity index (χ1n) is 11.0. The third-order valence-electron chi connectivity index (χ3n) is 5.63. The van der Waals surface area contributed by atoms with Crippen LogP contribution in [0.25, 0.3) is 0 Å². The third-order valence-corrected chi connectivity index (χ3v) is 6.37. The van der Waals surface area contributed by atoms with Crippen LogP contribution < -0.4 is 10.2 Å². The molecule has 0 atom stereocenters. The fourth-order valence-electron chi connectivity index (χ4n) is 3.80. The largest absolute Gasteiger partial charge is 0.452 e. The molecule has 8 heteroatoms. The van der Waals surface area contributed by atoms with Crippen LogP contribution in [0.5, 0.6) is 0 Å². The molecule has 3 aromatic rings. The van der Waals surface area contributed by atoms with Crippen molar-refractivity contribution in [3.63, 3.8) is 0 Å². The molecule has 0 unspecified atom stereocenters. The molecule has 1 saturated heterocycles. The first kappa shape index (κ1) is 24.1. The van der Waals surface area contributed by atoms with Gasteiger partial charge in [0.2, 0.25) is 0 Å². The summed E-state index contributed by atoms with van der Waals surface area (Å²) in [7, 11) is 0. The Bertz CT molecular complexity index is 1130. The van der Waals surface area contributed by atoms with E-state index in [1.807, 2.05) is 30.3 Å². The Morgan fingerprint density at radius 3 is 2.24 bits per heavy atom. The number of benzene rings is 3. The molecule has 0 spiro atoms. The lowest BCUT2D eigenvalue weighted by molar-refractivity contribution is -0.119. The highest BCUT2D eigenvalue weighted by atomic mass is 35.5. The Morgan fingerprint density at radius 1 is 0.853 bits per heavy atom. The molecule has 6 nitrogen and oxygen atoms in total. The predicted molar refractivity (Wildman–Crippen MR) is 136 cm³/mol. The normalized spacial score (nSPS) is 14.0. The fourth-order valence-corrected chi connectivity index (χ4v) is 4.09. The van der Waals surface area contributed by atoms with Crippen LogP contribution in [0.15, 0.2) is 72.8 Å². The molecule has 0 bridgehead atoms. The van der Waals surface area contributed by atoms with E-state index in [0.29, 0.717) is 10.7 Å². The number of nitrogens with zero attached hydrogens (tertiary/aromatic N) is 2. The lowest BCUT2D eigenvalue weighted by atomic mass is 10.2. The Hall–Kier alpha value is -3.06. The number of carbonyl (C=O) groups is 2. The minimum atomic E-state index is -0.643. The highest BCUT2D eigenvalue weighted by molar-refractivity contribution is 6.42. The van der Waals surface area contributed by atoms with E-state index in [1.165, 1.54) is 23.8 Å². The molecule has 4 rings (SSSR count). The van der Waals surface area contributed by atoms with Crippen LogP contribution in [-0.4, -0.2) is 49.6 Å². The van der Waals surface area contributed by atoms with Crippen molar-refractivity contribution in [2.75, 3.05) is 43.0 Å². The van der Waals surface area contributed by atoms with Crippen LogP contribution in [0, 0.1) is 0 Å². The number of esters is 1. The monoisotopic (exact) mass is 497 g/mol. The van der Waals surface area contributed by atoms with Crippen LogP contribution in [0.3, 0.4) is 0 Å². The predicted octanol–water partition coefficient (Wildman–Crippen LogP) is 5.11. The van der Waals surface area contributed by atoms with Crippen molar-refractivity contribution in [2.24, 2.45) is 0 Å². The lowest BCUT2D eigenvalue weighted by Gasteiger charge is -2.36. The lowest BCUT2D eigenvalue weighted by Crippen LogP contribution is -2.45. The summed E-state index contributed by atoms with van der Waals surface area (Å²) in [5.74, 6) is -1.06. The fraction of sp³-hybridized carbons (Fsp3) is 0.231. The summed E-state index contributed by atoms with van der Waals surface area (Å²) >= 11 is 11.8. The van der Waals surface area contributed by atoms with Crippen molar-refractivity contribution in [3.8, 4) is 0 Å². The second-order valence-electron chi connectivity index (χ2n) is 8.05. The maximum absolute atomic E-state index is 12.2. The standard InChI is InChI=1S/C26H25Cl2N3O3/c27-23-11-6-20(16-24(23)28)26(33)34-18-25(32)29-21-7-9-22(10-8-21)31-14-12-30(13-15-31)17-19-4-2-1-3-5-19/h1-11,16H,12-15,17-18H2,(H,29,32). The van der Waals surface area contributed by atoms with Gasteiger partial charge in [0.1, 0.15) is 0 Å². The maximum atomic E-state index is 12.2.